The van der Waals surface area contributed by atoms with Crippen LogP contribution in [0.25, 0.3) is 0 Å². The van der Waals surface area contributed by atoms with E-state index in [0.717, 1.165) is 12.1 Å². The van der Waals surface area contributed by atoms with Crippen molar-refractivity contribution in [1.82, 2.24) is 0 Å². The van der Waals surface area contributed by atoms with Gasteiger partial charge in [0.1, 0.15) is 11.5 Å². The highest BCUT2D eigenvalue weighted by Gasteiger charge is 2.30. The number of ether oxygens (including phenoxy) is 3. The maximum Gasteiger partial charge on any atom is 0.573 e. The standard InChI is InChI=1S/C18H16F3NO5/c19-18(20,21)27-15-8-6-13(7-9-15)22-16(23)12-26-17(24)10-11-25-14-4-2-1-3-5-14/h1-9H,10-12H2,(H,22,23). The number of hydrogen-bond acceptors (Lipinski definition) is 5. The van der Waals surface area contributed by atoms with Crippen LogP contribution in [0.1, 0.15) is 6.42 Å². The van der Waals surface area contributed by atoms with E-state index < -0.39 is 30.6 Å². The molecule has 6 nitrogen and oxygen atoms in total. The Hall–Kier alpha value is -3.23. The van der Waals surface area contributed by atoms with Gasteiger partial charge in [-0.3, -0.25) is 9.59 Å². The van der Waals surface area contributed by atoms with Crippen molar-refractivity contribution in [2.24, 2.45) is 0 Å². The molecule has 144 valence electrons. The Morgan fingerprint density at radius 3 is 2.22 bits per heavy atom. The van der Waals surface area contributed by atoms with Crippen LogP contribution in [0, 0.1) is 0 Å². The molecule has 27 heavy (non-hydrogen) atoms. The molecule has 0 saturated heterocycles. The fourth-order valence-corrected chi connectivity index (χ4v) is 1.92. The van der Waals surface area contributed by atoms with Crippen LogP contribution in [0.5, 0.6) is 11.5 Å². The molecule has 0 spiro atoms. The van der Waals surface area contributed by atoms with Crippen molar-refractivity contribution in [3.05, 3.63) is 54.6 Å². The summed E-state index contributed by atoms with van der Waals surface area (Å²) >= 11 is 0. The fourth-order valence-electron chi connectivity index (χ4n) is 1.92. The third kappa shape index (κ3) is 8.13. The van der Waals surface area contributed by atoms with Crippen molar-refractivity contribution >= 4 is 17.6 Å². The van der Waals surface area contributed by atoms with E-state index in [1.165, 1.54) is 12.1 Å². The Balaban J connectivity index is 1.67. The lowest BCUT2D eigenvalue weighted by Gasteiger charge is -2.10. The number of rotatable bonds is 8. The molecule has 0 aliphatic rings. The van der Waals surface area contributed by atoms with E-state index in [2.05, 4.69) is 10.1 Å². The normalized spacial score (nSPS) is 10.8. The van der Waals surface area contributed by atoms with E-state index in [-0.39, 0.29) is 18.7 Å². The van der Waals surface area contributed by atoms with Crippen LogP contribution in [0.2, 0.25) is 0 Å². The van der Waals surface area contributed by atoms with E-state index >= 15 is 0 Å². The first kappa shape index (κ1) is 20.1. The van der Waals surface area contributed by atoms with Gasteiger partial charge in [0.15, 0.2) is 6.61 Å². The van der Waals surface area contributed by atoms with Crippen molar-refractivity contribution in [2.45, 2.75) is 12.8 Å². The topological polar surface area (TPSA) is 73.9 Å². The molecule has 0 atom stereocenters. The first-order chi connectivity index (χ1) is 12.8. The fraction of sp³-hybridized carbons (Fsp3) is 0.222. The van der Waals surface area contributed by atoms with E-state index in [1.54, 1.807) is 24.3 Å². The summed E-state index contributed by atoms with van der Waals surface area (Å²) in [7, 11) is 0. The highest BCUT2D eigenvalue weighted by Crippen LogP contribution is 2.23. The van der Waals surface area contributed by atoms with E-state index in [0.29, 0.717) is 5.75 Å². The number of hydrogen-bond donors (Lipinski definition) is 1. The smallest absolute Gasteiger partial charge is 0.493 e. The van der Waals surface area contributed by atoms with E-state index in [1.807, 2.05) is 6.07 Å². The third-order valence-corrected chi connectivity index (χ3v) is 3.05. The molecule has 2 aromatic carbocycles. The predicted octanol–water partition coefficient (Wildman–Crippen LogP) is 3.54. The molecule has 0 radical (unpaired) electrons. The number of alkyl halides is 3. The predicted molar refractivity (Wildman–Crippen MR) is 89.3 cm³/mol. The van der Waals surface area contributed by atoms with Gasteiger partial charge in [-0.1, -0.05) is 18.2 Å². The summed E-state index contributed by atoms with van der Waals surface area (Å²) in [4.78, 5) is 23.3. The summed E-state index contributed by atoms with van der Waals surface area (Å²) in [6.45, 7) is -0.421. The molecule has 0 fully saturated rings. The molecule has 0 aliphatic heterocycles. The van der Waals surface area contributed by atoms with Crippen LogP contribution in [-0.2, 0) is 14.3 Å². The van der Waals surface area contributed by atoms with Gasteiger partial charge < -0.3 is 19.5 Å². The number of amides is 1. The van der Waals surface area contributed by atoms with Gasteiger partial charge in [-0.05, 0) is 36.4 Å². The molecule has 0 unspecified atom stereocenters. The maximum atomic E-state index is 12.1. The third-order valence-electron chi connectivity index (χ3n) is 3.05. The monoisotopic (exact) mass is 383 g/mol. The zero-order valence-corrected chi connectivity index (χ0v) is 14.0. The lowest BCUT2D eigenvalue weighted by molar-refractivity contribution is -0.274. The second kappa shape index (κ2) is 9.46. The summed E-state index contributed by atoms with van der Waals surface area (Å²) in [6.07, 6.45) is -4.82. The lowest BCUT2D eigenvalue weighted by atomic mass is 10.3. The Morgan fingerprint density at radius 2 is 1.59 bits per heavy atom. The summed E-state index contributed by atoms with van der Waals surface area (Å²) in [5.41, 5.74) is 0.234. The first-order valence-electron chi connectivity index (χ1n) is 7.81. The number of carbonyl (C=O) groups excluding carboxylic acids is 2. The number of anilines is 1. The number of esters is 1. The Bertz CT molecular complexity index is 748. The number of carbonyl (C=O) groups is 2. The zero-order chi connectivity index (χ0) is 19.7. The Kier molecular flexibility index (Phi) is 7.04. The summed E-state index contributed by atoms with van der Waals surface area (Å²) < 4.78 is 50.0. The van der Waals surface area contributed by atoms with Gasteiger partial charge in [0, 0.05) is 5.69 Å². The van der Waals surface area contributed by atoms with Crippen LogP contribution in [0.3, 0.4) is 0 Å². The van der Waals surface area contributed by atoms with Crippen LogP contribution < -0.4 is 14.8 Å². The minimum Gasteiger partial charge on any atom is -0.493 e. The SMILES string of the molecule is O=C(COC(=O)CCOc1ccccc1)Nc1ccc(OC(F)(F)F)cc1. The molecular weight excluding hydrogens is 367 g/mol. The van der Waals surface area contributed by atoms with Crippen molar-refractivity contribution in [1.29, 1.82) is 0 Å². The number of nitrogens with one attached hydrogen (secondary N) is 1. The van der Waals surface area contributed by atoms with Gasteiger partial charge in [-0.15, -0.1) is 13.2 Å². The summed E-state index contributed by atoms with van der Waals surface area (Å²) in [5.74, 6) is -1.04. The molecule has 0 aromatic heterocycles. The lowest BCUT2D eigenvalue weighted by Crippen LogP contribution is -2.21. The number of para-hydroxylation sites is 1. The molecule has 9 heteroatoms. The van der Waals surface area contributed by atoms with E-state index in [9.17, 15) is 22.8 Å². The van der Waals surface area contributed by atoms with Gasteiger partial charge in [0.25, 0.3) is 5.91 Å². The largest absolute Gasteiger partial charge is 0.573 e. The van der Waals surface area contributed by atoms with Gasteiger partial charge in [0.2, 0.25) is 0 Å². The van der Waals surface area contributed by atoms with Crippen molar-refractivity contribution in [3.63, 3.8) is 0 Å². The second-order valence-electron chi connectivity index (χ2n) is 5.19. The molecule has 2 aromatic rings. The molecule has 0 aliphatic carbocycles. The van der Waals surface area contributed by atoms with Crippen LogP contribution in [0.15, 0.2) is 54.6 Å². The maximum absolute atomic E-state index is 12.1. The quantitative estimate of drug-likeness (QED) is 0.706. The Morgan fingerprint density at radius 1 is 0.926 bits per heavy atom. The second-order valence-corrected chi connectivity index (χ2v) is 5.19. The van der Waals surface area contributed by atoms with Gasteiger partial charge in [0.05, 0.1) is 13.0 Å². The highest BCUT2D eigenvalue weighted by atomic mass is 19.4. The minimum absolute atomic E-state index is 0.0361. The van der Waals surface area contributed by atoms with Gasteiger partial charge in [-0.25, -0.2) is 0 Å². The number of benzene rings is 2. The first-order valence-corrected chi connectivity index (χ1v) is 7.81. The average molecular weight is 383 g/mol. The summed E-state index contributed by atoms with van der Waals surface area (Å²) in [6, 6.07) is 13.5. The van der Waals surface area contributed by atoms with Gasteiger partial charge in [-0.2, -0.15) is 0 Å². The molecule has 1 N–H and O–H groups in total. The summed E-state index contributed by atoms with van der Waals surface area (Å²) in [5, 5.41) is 2.39. The van der Waals surface area contributed by atoms with Gasteiger partial charge >= 0.3 is 12.3 Å². The molecule has 0 saturated carbocycles. The van der Waals surface area contributed by atoms with Crippen LogP contribution in [-0.4, -0.2) is 31.5 Å². The van der Waals surface area contributed by atoms with Crippen LogP contribution in [0.4, 0.5) is 18.9 Å². The highest BCUT2D eigenvalue weighted by molar-refractivity contribution is 5.92. The number of halogens is 3. The molecule has 0 heterocycles. The van der Waals surface area contributed by atoms with Crippen molar-refractivity contribution in [2.75, 3.05) is 18.5 Å². The molecular formula is C18H16F3NO5. The van der Waals surface area contributed by atoms with Crippen molar-refractivity contribution < 1.29 is 37.0 Å². The molecule has 2 rings (SSSR count). The molecule has 0 bridgehead atoms. The van der Waals surface area contributed by atoms with Crippen LogP contribution >= 0.6 is 0 Å². The average Bonchev–Trinajstić information content (AvgIpc) is 2.61. The Labute approximate surface area is 152 Å². The molecule has 1 amide bonds. The zero-order valence-electron chi connectivity index (χ0n) is 14.0. The minimum atomic E-state index is -4.79. The van der Waals surface area contributed by atoms with E-state index in [4.69, 9.17) is 9.47 Å². The van der Waals surface area contributed by atoms with Crippen molar-refractivity contribution in [3.8, 4) is 11.5 Å².